The monoisotopic (exact) mass is 558 g/mol. The van der Waals surface area contributed by atoms with Gasteiger partial charge in [0.2, 0.25) is 5.91 Å². The maximum absolute atomic E-state index is 13.7. The minimum atomic E-state index is -0.693. The number of amides is 2. The number of carbonyl (C=O) groups excluding carboxylic acids is 2. The number of hydrogen-bond donors (Lipinski definition) is 1. The highest BCUT2D eigenvalue weighted by atomic mass is 79.9. The number of ether oxygens (including phenoxy) is 1. The predicted octanol–water partition coefficient (Wildman–Crippen LogP) is 6.15. The van der Waals surface area contributed by atoms with Crippen LogP contribution in [0.4, 0.5) is 0 Å². The molecule has 1 atom stereocenters. The van der Waals surface area contributed by atoms with Crippen molar-refractivity contribution >= 4 is 38.5 Å². The number of fused-ring (bicyclic) bond motifs is 1. The fourth-order valence-corrected chi connectivity index (χ4v) is 4.87. The third-order valence-electron chi connectivity index (χ3n) is 6.08. The SMILES string of the molecule is CC(C)NC(=O)C(Cc1ccccc1)N(Cc1ccccc1)C(=O)COc1ccc2ccccc2c1Br. The maximum atomic E-state index is 13.7. The number of nitrogens with zero attached hydrogens (tertiary/aromatic N) is 1. The summed E-state index contributed by atoms with van der Waals surface area (Å²) in [7, 11) is 0. The van der Waals surface area contributed by atoms with E-state index in [4.69, 9.17) is 4.74 Å². The third-order valence-corrected chi connectivity index (χ3v) is 6.89. The number of nitrogens with one attached hydrogen (secondary N) is 1. The van der Waals surface area contributed by atoms with Crippen molar-refractivity contribution in [2.75, 3.05) is 6.61 Å². The molecule has 0 saturated carbocycles. The Morgan fingerprint density at radius 3 is 2.14 bits per heavy atom. The van der Waals surface area contributed by atoms with Crippen LogP contribution < -0.4 is 10.1 Å². The summed E-state index contributed by atoms with van der Waals surface area (Å²) in [6, 6.07) is 30.5. The van der Waals surface area contributed by atoms with Gasteiger partial charge in [0.1, 0.15) is 11.8 Å². The first-order valence-electron chi connectivity index (χ1n) is 12.4. The third kappa shape index (κ3) is 6.98. The Morgan fingerprint density at radius 1 is 0.838 bits per heavy atom. The van der Waals surface area contributed by atoms with Gasteiger partial charge in [0.25, 0.3) is 5.91 Å². The molecule has 0 fully saturated rings. The summed E-state index contributed by atoms with van der Waals surface area (Å²) in [4.78, 5) is 28.8. The second-order valence-electron chi connectivity index (χ2n) is 9.26. The van der Waals surface area contributed by atoms with E-state index in [2.05, 4.69) is 21.2 Å². The van der Waals surface area contributed by atoms with Crippen molar-refractivity contribution in [3.8, 4) is 5.75 Å². The van der Waals surface area contributed by atoms with Crippen molar-refractivity contribution in [3.05, 3.63) is 113 Å². The Labute approximate surface area is 226 Å². The standard InChI is InChI=1S/C31H31BrN2O3/c1-22(2)33-31(36)27(19-23-11-5-3-6-12-23)34(20-24-13-7-4-8-14-24)29(35)21-37-28-18-17-25-15-9-10-16-26(25)30(28)32/h3-18,22,27H,19-21H2,1-2H3,(H,33,36). The largest absolute Gasteiger partial charge is 0.483 e. The van der Waals surface area contributed by atoms with Crippen LogP contribution in [0.5, 0.6) is 5.75 Å². The Bertz CT molecular complexity index is 1340. The fourth-order valence-electron chi connectivity index (χ4n) is 4.26. The van der Waals surface area contributed by atoms with Crippen LogP contribution in [0.1, 0.15) is 25.0 Å². The summed E-state index contributed by atoms with van der Waals surface area (Å²) >= 11 is 3.63. The number of halogens is 1. The molecule has 0 aliphatic rings. The zero-order valence-electron chi connectivity index (χ0n) is 21.1. The average Bonchev–Trinajstić information content (AvgIpc) is 2.91. The lowest BCUT2D eigenvalue weighted by Crippen LogP contribution is -2.52. The van der Waals surface area contributed by atoms with Crippen molar-refractivity contribution in [2.45, 2.75) is 38.9 Å². The first kappa shape index (κ1) is 26.4. The van der Waals surface area contributed by atoms with Gasteiger partial charge in [-0.25, -0.2) is 0 Å². The van der Waals surface area contributed by atoms with E-state index >= 15 is 0 Å². The minimum Gasteiger partial charge on any atom is -0.483 e. The van der Waals surface area contributed by atoms with Crippen molar-refractivity contribution < 1.29 is 14.3 Å². The summed E-state index contributed by atoms with van der Waals surface area (Å²) in [6.45, 7) is 3.94. The van der Waals surface area contributed by atoms with Crippen molar-refractivity contribution in [3.63, 3.8) is 0 Å². The Balaban J connectivity index is 1.62. The van der Waals surface area contributed by atoms with E-state index in [0.29, 0.717) is 18.7 Å². The molecule has 0 heterocycles. The van der Waals surface area contributed by atoms with E-state index in [1.807, 2.05) is 111 Å². The van der Waals surface area contributed by atoms with Gasteiger partial charge in [-0.15, -0.1) is 0 Å². The minimum absolute atomic E-state index is 0.0516. The number of hydrogen-bond acceptors (Lipinski definition) is 3. The second kappa shape index (κ2) is 12.5. The molecule has 0 radical (unpaired) electrons. The van der Waals surface area contributed by atoms with E-state index in [1.165, 1.54) is 0 Å². The lowest BCUT2D eigenvalue weighted by atomic mass is 10.0. The van der Waals surface area contributed by atoms with Gasteiger partial charge in [0.15, 0.2) is 6.61 Å². The molecule has 1 N–H and O–H groups in total. The molecule has 4 aromatic carbocycles. The first-order chi connectivity index (χ1) is 17.9. The Morgan fingerprint density at radius 2 is 1.46 bits per heavy atom. The van der Waals surface area contributed by atoms with E-state index in [-0.39, 0.29) is 24.5 Å². The molecule has 0 saturated heterocycles. The highest BCUT2D eigenvalue weighted by Crippen LogP contribution is 2.33. The van der Waals surface area contributed by atoms with Gasteiger partial charge in [-0.05, 0) is 57.7 Å². The van der Waals surface area contributed by atoms with Crippen molar-refractivity contribution in [2.24, 2.45) is 0 Å². The molecule has 6 heteroatoms. The summed E-state index contributed by atoms with van der Waals surface area (Å²) < 4.78 is 6.81. The van der Waals surface area contributed by atoms with Crippen LogP contribution in [-0.2, 0) is 22.6 Å². The van der Waals surface area contributed by atoms with Crippen LogP contribution in [0.15, 0.2) is 102 Å². The highest BCUT2D eigenvalue weighted by Gasteiger charge is 2.31. The molecule has 2 amide bonds. The molecule has 5 nitrogen and oxygen atoms in total. The Hall–Kier alpha value is -3.64. The van der Waals surface area contributed by atoms with Crippen LogP contribution in [0.2, 0.25) is 0 Å². The predicted molar refractivity (Wildman–Crippen MR) is 151 cm³/mol. The van der Waals surface area contributed by atoms with Gasteiger partial charge in [-0.2, -0.15) is 0 Å². The summed E-state index contributed by atoms with van der Waals surface area (Å²) in [5, 5.41) is 5.09. The smallest absolute Gasteiger partial charge is 0.261 e. The normalized spacial score (nSPS) is 11.8. The van der Waals surface area contributed by atoms with Gasteiger partial charge >= 0.3 is 0 Å². The molecule has 0 aromatic heterocycles. The molecule has 4 aromatic rings. The zero-order valence-corrected chi connectivity index (χ0v) is 22.6. The molecular weight excluding hydrogens is 528 g/mol. The average molecular weight is 560 g/mol. The van der Waals surface area contributed by atoms with Crippen LogP contribution in [0, 0.1) is 0 Å². The number of benzene rings is 4. The molecule has 1 unspecified atom stereocenters. The van der Waals surface area contributed by atoms with Gasteiger partial charge in [-0.1, -0.05) is 91.0 Å². The van der Waals surface area contributed by atoms with Gasteiger partial charge in [-0.3, -0.25) is 9.59 Å². The molecule has 37 heavy (non-hydrogen) atoms. The van der Waals surface area contributed by atoms with Crippen LogP contribution >= 0.6 is 15.9 Å². The van der Waals surface area contributed by atoms with Crippen molar-refractivity contribution in [1.82, 2.24) is 10.2 Å². The quantitative estimate of drug-likeness (QED) is 0.254. The van der Waals surface area contributed by atoms with Gasteiger partial charge < -0.3 is 15.0 Å². The Kier molecular flexibility index (Phi) is 8.96. The number of rotatable bonds is 10. The molecule has 4 rings (SSSR count). The van der Waals surface area contributed by atoms with Gasteiger partial charge in [0, 0.05) is 19.0 Å². The molecule has 190 valence electrons. The first-order valence-corrected chi connectivity index (χ1v) is 13.2. The summed E-state index contributed by atoms with van der Waals surface area (Å²) in [5.74, 6) is 0.136. The molecular formula is C31H31BrN2O3. The van der Waals surface area contributed by atoms with Crippen LogP contribution in [0.25, 0.3) is 10.8 Å². The molecule has 0 bridgehead atoms. The van der Waals surface area contributed by atoms with E-state index in [1.54, 1.807) is 4.90 Å². The summed E-state index contributed by atoms with van der Waals surface area (Å²) in [6.07, 6.45) is 0.400. The van der Waals surface area contributed by atoms with Crippen LogP contribution in [0.3, 0.4) is 0 Å². The second-order valence-corrected chi connectivity index (χ2v) is 10.1. The van der Waals surface area contributed by atoms with Crippen molar-refractivity contribution in [1.29, 1.82) is 0 Å². The van der Waals surface area contributed by atoms with Gasteiger partial charge in [0.05, 0.1) is 4.47 Å². The lowest BCUT2D eigenvalue weighted by Gasteiger charge is -2.32. The van der Waals surface area contributed by atoms with E-state index in [0.717, 1.165) is 26.4 Å². The summed E-state index contributed by atoms with van der Waals surface area (Å²) in [5.41, 5.74) is 1.92. The topological polar surface area (TPSA) is 58.6 Å². The molecule has 0 aliphatic heterocycles. The maximum Gasteiger partial charge on any atom is 0.261 e. The lowest BCUT2D eigenvalue weighted by molar-refractivity contribution is -0.143. The van der Waals surface area contributed by atoms with Crippen LogP contribution in [-0.4, -0.2) is 35.4 Å². The highest BCUT2D eigenvalue weighted by molar-refractivity contribution is 9.10. The van der Waals surface area contributed by atoms with E-state index < -0.39 is 6.04 Å². The zero-order chi connectivity index (χ0) is 26.2. The molecule has 0 aliphatic carbocycles. The van der Waals surface area contributed by atoms with E-state index in [9.17, 15) is 9.59 Å². The molecule has 0 spiro atoms. The number of carbonyl (C=O) groups is 2. The fraction of sp³-hybridized carbons (Fsp3) is 0.226.